The van der Waals surface area contributed by atoms with Crippen LogP contribution in [0, 0.1) is 5.82 Å². The van der Waals surface area contributed by atoms with E-state index in [1.165, 1.54) is 18.5 Å². The van der Waals surface area contributed by atoms with Crippen molar-refractivity contribution in [1.82, 2.24) is 14.9 Å². The van der Waals surface area contributed by atoms with Crippen molar-refractivity contribution < 1.29 is 13.9 Å². The second-order valence-electron chi connectivity index (χ2n) is 6.67. The molecule has 0 unspecified atom stereocenters. The third-order valence-corrected chi connectivity index (χ3v) is 4.34. The molecule has 3 rings (SSSR count). The van der Waals surface area contributed by atoms with Gasteiger partial charge in [0.05, 0.1) is 5.69 Å². The fraction of sp³-hybridized carbons (Fsp3) is 0.261. The number of rotatable bonds is 8. The smallest absolute Gasteiger partial charge is 0.253 e. The van der Waals surface area contributed by atoms with Gasteiger partial charge in [-0.2, -0.15) is 0 Å². The van der Waals surface area contributed by atoms with Crippen molar-refractivity contribution in [2.24, 2.45) is 0 Å². The van der Waals surface area contributed by atoms with E-state index in [0.717, 1.165) is 25.9 Å². The molecule has 3 aromatic rings. The molecular formula is C23H24FN3O2. The SMILES string of the molecule is CCCN(CCC)C(=O)c1cccc(Oc2cc(-c3cccc(F)c3)ncn2)c1. The molecule has 0 N–H and O–H groups in total. The van der Waals surface area contributed by atoms with Gasteiger partial charge in [0.15, 0.2) is 0 Å². The van der Waals surface area contributed by atoms with Crippen LogP contribution >= 0.6 is 0 Å². The van der Waals surface area contributed by atoms with E-state index in [2.05, 4.69) is 23.8 Å². The molecule has 0 saturated carbocycles. The summed E-state index contributed by atoms with van der Waals surface area (Å²) >= 11 is 0. The Morgan fingerprint density at radius 1 is 1.00 bits per heavy atom. The van der Waals surface area contributed by atoms with Crippen LogP contribution < -0.4 is 4.74 Å². The van der Waals surface area contributed by atoms with Crippen LogP contribution in [0.3, 0.4) is 0 Å². The van der Waals surface area contributed by atoms with E-state index in [4.69, 9.17) is 4.74 Å². The van der Waals surface area contributed by atoms with E-state index >= 15 is 0 Å². The zero-order chi connectivity index (χ0) is 20.6. The zero-order valence-electron chi connectivity index (χ0n) is 16.6. The molecule has 6 heteroatoms. The molecule has 29 heavy (non-hydrogen) atoms. The lowest BCUT2D eigenvalue weighted by molar-refractivity contribution is 0.0755. The molecule has 150 valence electrons. The number of hydrogen-bond donors (Lipinski definition) is 0. The Kier molecular flexibility index (Phi) is 6.89. The van der Waals surface area contributed by atoms with Crippen LogP contribution in [0.25, 0.3) is 11.3 Å². The molecule has 1 heterocycles. The van der Waals surface area contributed by atoms with E-state index < -0.39 is 0 Å². The first kappa shape index (κ1) is 20.5. The molecule has 0 radical (unpaired) electrons. The lowest BCUT2D eigenvalue weighted by Gasteiger charge is -2.21. The fourth-order valence-electron chi connectivity index (χ4n) is 3.05. The number of carbonyl (C=O) groups excluding carboxylic acids is 1. The van der Waals surface area contributed by atoms with Gasteiger partial charge in [-0.05, 0) is 43.2 Å². The lowest BCUT2D eigenvalue weighted by atomic mass is 10.1. The molecule has 1 amide bonds. The highest BCUT2D eigenvalue weighted by atomic mass is 19.1. The second kappa shape index (κ2) is 9.78. The monoisotopic (exact) mass is 393 g/mol. The van der Waals surface area contributed by atoms with Crippen LogP contribution in [0.4, 0.5) is 4.39 Å². The summed E-state index contributed by atoms with van der Waals surface area (Å²) < 4.78 is 19.3. The first-order valence-electron chi connectivity index (χ1n) is 9.76. The minimum absolute atomic E-state index is 0.0118. The maximum atomic E-state index is 13.5. The number of carbonyl (C=O) groups is 1. The number of amides is 1. The average molecular weight is 393 g/mol. The summed E-state index contributed by atoms with van der Waals surface area (Å²) in [5.41, 5.74) is 1.76. The summed E-state index contributed by atoms with van der Waals surface area (Å²) in [5, 5.41) is 0. The predicted molar refractivity (Wildman–Crippen MR) is 110 cm³/mol. The third kappa shape index (κ3) is 5.38. The maximum Gasteiger partial charge on any atom is 0.253 e. The van der Waals surface area contributed by atoms with Crippen molar-refractivity contribution in [2.45, 2.75) is 26.7 Å². The van der Waals surface area contributed by atoms with Crippen LogP contribution in [-0.4, -0.2) is 33.9 Å². The molecule has 2 aromatic carbocycles. The highest BCUT2D eigenvalue weighted by molar-refractivity contribution is 5.94. The van der Waals surface area contributed by atoms with Gasteiger partial charge in [-0.1, -0.05) is 32.0 Å². The second-order valence-corrected chi connectivity index (χ2v) is 6.67. The Bertz CT molecular complexity index is 972. The number of benzene rings is 2. The largest absolute Gasteiger partial charge is 0.439 e. The van der Waals surface area contributed by atoms with Crippen LogP contribution in [-0.2, 0) is 0 Å². The molecule has 0 saturated heterocycles. The number of halogens is 1. The molecule has 1 aromatic heterocycles. The minimum atomic E-state index is -0.335. The van der Waals surface area contributed by atoms with Crippen molar-refractivity contribution in [2.75, 3.05) is 13.1 Å². The standard InChI is InChI=1S/C23H24FN3O2/c1-3-11-27(12-4-2)23(28)18-8-6-10-20(14-18)29-22-15-21(25-16-26-22)17-7-5-9-19(24)13-17/h5-10,13-16H,3-4,11-12H2,1-2H3. The van der Waals surface area contributed by atoms with Crippen LogP contribution in [0.5, 0.6) is 11.6 Å². The first-order chi connectivity index (χ1) is 14.1. The number of aromatic nitrogens is 2. The van der Waals surface area contributed by atoms with Gasteiger partial charge in [0.25, 0.3) is 5.91 Å². The Balaban J connectivity index is 1.80. The third-order valence-electron chi connectivity index (χ3n) is 4.34. The molecule has 5 nitrogen and oxygen atoms in total. The average Bonchev–Trinajstić information content (AvgIpc) is 2.73. The molecule has 0 aliphatic heterocycles. The van der Waals surface area contributed by atoms with E-state index in [-0.39, 0.29) is 11.7 Å². The van der Waals surface area contributed by atoms with Gasteiger partial charge < -0.3 is 9.64 Å². The summed E-state index contributed by atoms with van der Waals surface area (Å²) in [6.07, 6.45) is 3.19. The van der Waals surface area contributed by atoms with Gasteiger partial charge in [0, 0.05) is 30.3 Å². The normalized spacial score (nSPS) is 10.6. The lowest BCUT2D eigenvalue weighted by Crippen LogP contribution is -2.32. The van der Waals surface area contributed by atoms with E-state index in [1.807, 2.05) is 4.90 Å². The van der Waals surface area contributed by atoms with Gasteiger partial charge in [-0.25, -0.2) is 14.4 Å². The van der Waals surface area contributed by atoms with Gasteiger partial charge in [0.2, 0.25) is 5.88 Å². The highest BCUT2D eigenvalue weighted by Crippen LogP contribution is 2.25. The summed E-state index contributed by atoms with van der Waals surface area (Å²) in [7, 11) is 0. The van der Waals surface area contributed by atoms with Crippen LogP contribution in [0.2, 0.25) is 0 Å². The number of hydrogen-bond acceptors (Lipinski definition) is 4. The first-order valence-corrected chi connectivity index (χ1v) is 9.76. The molecular weight excluding hydrogens is 369 g/mol. The van der Waals surface area contributed by atoms with Crippen LogP contribution in [0.1, 0.15) is 37.0 Å². The van der Waals surface area contributed by atoms with E-state index in [0.29, 0.717) is 28.5 Å². The summed E-state index contributed by atoms with van der Waals surface area (Å²) in [6, 6.07) is 14.9. The van der Waals surface area contributed by atoms with Crippen molar-refractivity contribution >= 4 is 5.91 Å². The maximum absolute atomic E-state index is 13.5. The Hall–Kier alpha value is -3.28. The van der Waals surface area contributed by atoms with E-state index in [9.17, 15) is 9.18 Å². The summed E-state index contributed by atoms with van der Waals surface area (Å²) in [6.45, 7) is 5.56. The van der Waals surface area contributed by atoms with Gasteiger partial charge in [0.1, 0.15) is 17.9 Å². The van der Waals surface area contributed by atoms with Gasteiger partial charge in [-0.15, -0.1) is 0 Å². The van der Waals surface area contributed by atoms with Crippen molar-refractivity contribution in [3.8, 4) is 22.9 Å². The van der Waals surface area contributed by atoms with Crippen molar-refractivity contribution in [3.05, 3.63) is 72.3 Å². The Labute approximate surface area is 170 Å². The molecule has 0 aliphatic rings. The zero-order valence-corrected chi connectivity index (χ0v) is 16.6. The molecule has 0 atom stereocenters. The summed E-state index contributed by atoms with van der Waals surface area (Å²) in [4.78, 5) is 23.0. The number of nitrogens with zero attached hydrogens (tertiary/aromatic N) is 3. The van der Waals surface area contributed by atoms with Crippen molar-refractivity contribution in [3.63, 3.8) is 0 Å². The minimum Gasteiger partial charge on any atom is -0.439 e. The Morgan fingerprint density at radius 3 is 2.48 bits per heavy atom. The quantitative estimate of drug-likeness (QED) is 0.519. The number of ether oxygens (including phenoxy) is 1. The van der Waals surface area contributed by atoms with Crippen molar-refractivity contribution in [1.29, 1.82) is 0 Å². The highest BCUT2D eigenvalue weighted by Gasteiger charge is 2.15. The fourth-order valence-corrected chi connectivity index (χ4v) is 3.05. The molecule has 0 aliphatic carbocycles. The van der Waals surface area contributed by atoms with Gasteiger partial charge >= 0.3 is 0 Å². The molecule has 0 spiro atoms. The predicted octanol–water partition coefficient (Wildman–Crippen LogP) is 5.34. The van der Waals surface area contributed by atoms with Crippen LogP contribution in [0.15, 0.2) is 60.9 Å². The summed E-state index contributed by atoms with van der Waals surface area (Å²) in [5.74, 6) is 0.483. The topological polar surface area (TPSA) is 55.3 Å². The molecule has 0 bridgehead atoms. The van der Waals surface area contributed by atoms with Gasteiger partial charge in [-0.3, -0.25) is 4.79 Å². The van der Waals surface area contributed by atoms with E-state index in [1.54, 1.807) is 42.5 Å². The molecule has 0 fully saturated rings. The Morgan fingerprint density at radius 2 is 1.76 bits per heavy atom.